The summed E-state index contributed by atoms with van der Waals surface area (Å²) < 4.78 is 10.6. The maximum atomic E-state index is 10.7. The Morgan fingerprint density at radius 1 is 0.788 bits per heavy atom. The number of aromatic hydroxyl groups is 2. The lowest BCUT2D eigenvalue weighted by molar-refractivity contribution is 0.374. The van der Waals surface area contributed by atoms with E-state index in [9.17, 15) is 10.2 Å². The number of nitrogens with zero attached hydrogens (tertiary/aromatic N) is 2. The van der Waals surface area contributed by atoms with Gasteiger partial charge in [0.2, 0.25) is 0 Å². The summed E-state index contributed by atoms with van der Waals surface area (Å²) in [5.41, 5.74) is 4.52. The summed E-state index contributed by atoms with van der Waals surface area (Å²) in [7, 11) is 3.09. The Hall–Kier alpha value is -4.32. The van der Waals surface area contributed by atoms with E-state index in [1.807, 2.05) is 42.5 Å². The summed E-state index contributed by atoms with van der Waals surface area (Å²) >= 11 is 0. The molecule has 0 aliphatic rings. The molecular formula is C27H24N2O4. The van der Waals surface area contributed by atoms with Gasteiger partial charge in [-0.1, -0.05) is 18.2 Å². The van der Waals surface area contributed by atoms with Crippen LogP contribution in [0.5, 0.6) is 23.0 Å². The van der Waals surface area contributed by atoms with Crippen molar-refractivity contribution in [2.75, 3.05) is 14.2 Å². The molecule has 0 atom stereocenters. The van der Waals surface area contributed by atoms with Crippen LogP contribution < -0.4 is 9.47 Å². The molecule has 0 amide bonds. The Bertz CT molecular complexity index is 1320. The highest BCUT2D eigenvalue weighted by Gasteiger charge is 2.15. The normalized spacial score (nSPS) is 10.6. The van der Waals surface area contributed by atoms with Crippen molar-refractivity contribution < 1.29 is 19.7 Å². The molecule has 0 aliphatic carbocycles. The van der Waals surface area contributed by atoms with Crippen LogP contribution in [0.4, 0.5) is 0 Å². The Morgan fingerprint density at radius 3 is 2.03 bits per heavy atom. The van der Waals surface area contributed by atoms with Crippen LogP contribution in [0.1, 0.15) is 5.56 Å². The summed E-state index contributed by atoms with van der Waals surface area (Å²) in [6.07, 6.45) is 2.43. The maximum absolute atomic E-state index is 10.7. The van der Waals surface area contributed by atoms with Gasteiger partial charge in [-0.2, -0.15) is 0 Å². The number of pyridine rings is 2. The van der Waals surface area contributed by atoms with E-state index < -0.39 is 0 Å². The first-order valence-electron chi connectivity index (χ1n) is 10.4. The van der Waals surface area contributed by atoms with Gasteiger partial charge >= 0.3 is 0 Å². The van der Waals surface area contributed by atoms with E-state index in [-0.39, 0.29) is 11.5 Å². The number of benzene rings is 2. The Labute approximate surface area is 192 Å². The highest BCUT2D eigenvalue weighted by molar-refractivity contribution is 5.75. The van der Waals surface area contributed by atoms with Crippen molar-refractivity contribution in [3.05, 3.63) is 84.9 Å². The standard InChI is InChI=1S/C27H24N2O4/c1-4-7-17-14-20(27(31)26(15-17)33-3)22-9-6-11-24(29-22)23-10-5-8-21(28-23)19-16-18(32-2)12-13-25(19)30/h4-6,8-16,30-31H,1,7H2,2-3H3. The van der Waals surface area contributed by atoms with Gasteiger partial charge in [0.25, 0.3) is 0 Å². The maximum Gasteiger partial charge on any atom is 0.167 e. The van der Waals surface area contributed by atoms with Gasteiger partial charge in [0, 0.05) is 11.1 Å². The van der Waals surface area contributed by atoms with E-state index in [0.29, 0.717) is 51.8 Å². The molecule has 0 bridgehead atoms. The second-order valence-corrected chi connectivity index (χ2v) is 7.39. The number of allylic oxidation sites excluding steroid dienone is 1. The summed E-state index contributed by atoms with van der Waals surface area (Å²) in [4.78, 5) is 9.46. The summed E-state index contributed by atoms with van der Waals surface area (Å²) in [5.74, 6) is 1.14. The highest BCUT2D eigenvalue weighted by Crippen LogP contribution is 2.38. The monoisotopic (exact) mass is 440 g/mol. The Balaban J connectivity index is 1.78. The fraction of sp³-hybridized carbons (Fsp3) is 0.111. The van der Waals surface area contributed by atoms with Crippen molar-refractivity contribution in [1.82, 2.24) is 9.97 Å². The molecular weight excluding hydrogens is 416 g/mol. The van der Waals surface area contributed by atoms with Crippen LogP contribution in [0.3, 0.4) is 0 Å². The third-order valence-electron chi connectivity index (χ3n) is 5.25. The first-order chi connectivity index (χ1) is 16.0. The molecule has 0 saturated heterocycles. The molecule has 4 rings (SSSR count). The predicted molar refractivity (Wildman–Crippen MR) is 129 cm³/mol. The third kappa shape index (κ3) is 4.50. The number of phenols is 2. The lowest BCUT2D eigenvalue weighted by atomic mass is 10.0. The minimum atomic E-state index is 0.0259. The van der Waals surface area contributed by atoms with Crippen LogP contribution in [0.25, 0.3) is 33.9 Å². The molecule has 0 unspecified atom stereocenters. The summed E-state index contributed by atoms with van der Waals surface area (Å²) in [6, 6.07) is 19.7. The number of aromatic nitrogens is 2. The quantitative estimate of drug-likeness (QED) is 0.362. The molecule has 2 N–H and O–H groups in total. The van der Waals surface area contributed by atoms with E-state index >= 15 is 0 Å². The molecule has 33 heavy (non-hydrogen) atoms. The number of phenolic OH excluding ortho intramolecular Hbond substituents is 2. The number of ether oxygens (including phenoxy) is 2. The van der Waals surface area contributed by atoms with Crippen molar-refractivity contribution in [3.63, 3.8) is 0 Å². The van der Waals surface area contributed by atoms with Gasteiger partial charge in [-0.3, -0.25) is 0 Å². The highest BCUT2D eigenvalue weighted by atomic mass is 16.5. The zero-order chi connectivity index (χ0) is 23.4. The number of hydrogen-bond donors (Lipinski definition) is 2. The molecule has 0 aliphatic heterocycles. The largest absolute Gasteiger partial charge is 0.507 e. The van der Waals surface area contributed by atoms with Gasteiger partial charge in [0.15, 0.2) is 11.5 Å². The zero-order valence-electron chi connectivity index (χ0n) is 18.4. The predicted octanol–water partition coefficient (Wildman–Crippen LogP) is 5.63. The molecule has 166 valence electrons. The second kappa shape index (κ2) is 9.44. The van der Waals surface area contributed by atoms with Crippen LogP contribution in [0.2, 0.25) is 0 Å². The Morgan fingerprint density at radius 2 is 1.42 bits per heavy atom. The fourth-order valence-corrected chi connectivity index (χ4v) is 3.60. The molecule has 2 aromatic heterocycles. The number of hydrogen-bond acceptors (Lipinski definition) is 6. The smallest absolute Gasteiger partial charge is 0.167 e. The van der Waals surface area contributed by atoms with Crippen molar-refractivity contribution in [1.29, 1.82) is 0 Å². The number of rotatable bonds is 7. The van der Waals surface area contributed by atoms with Crippen LogP contribution in [0, 0.1) is 0 Å². The van der Waals surface area contributed by atoms with Gasteiger partial charge in [-0.15, -0.1) is 6.58 Å². The molecule has 2 heterocycles. The average molecular weight is 440 g/mol. The molecule has 6 heteroatoms. The number of methoxy groups -OCH3 is 2. The van der Waals surface area contributed by atoms with Crippen LogP contribution in [0.15, 0.2) is 79.4 Å². The van der Waals surface area contributed by atoms with E-state index in [0.717, 1.165) is 5.56 Å². The van der Waals surface area contributed by atoms with E-state index in [2.05, 4.69) is 6.58 Å². The van der Waals surface area contributed by atoms with Crippen LogP contribution >= 0.6 is 0 Å². The zero-order valence-corrected chi connectivity index (χ0v) is 18.4. The third-order valence-corrected chi connectivity index (χ3v) is 5.25. The van der Waals surface area contributed by atoms with Crippen molar-refractivity contribution in [3.8, 4) is 56.9 Å². The van der Waals surface area contributed by atoms with E-state index in [1.54, 1.807) is 37.5 Å². The van der Waals surface area contributed by atoms with Crippen LogP contribution in [-0.2, 0) is 6.42 Å². The molecule has 6 nitrogen and oxygen atoms in total. The van der Waals surface area contributed by atoms with Crippen molar-refractivity contribution in [2.24, 2.45) is 0 Å². The lowest BCUT2D eigenvalue weighted by Crippen LogP contribution is -1.95. The minimum Gasteiger partial charge on any atom is -0.507 e. The molecule has 0 fully saturated rings. The van der Waals surface area contributed by atoms with Gasteiger partial charge in [0.05, 0.1) is 37.0 Å². The second-order valence-electron chi connectivity index (χ2n) is 7.39. The van der Waals surface area contributed by atoms with Crippen LogP contribution in [-0.4, -0.2) is 34.4 Å². The minimum absolute atomic E-state index is 0.0259. The van der Waals surface area contributed by atoms with Gasteiger partial charge < -0.3 is 19.7 Å². The SMILES string of the molecule is C=CCc1cc(OC)c(O)c(-c2cccc(-c3cccc(-c4cc(OC)ccc4O)n3)n2)c1. The van der Waals surface area contributed by atoms with Crippen molar-refractivity contribution >= 4 is 0 Å². The molecule has 0 spiro atoms. The van der Waals surface area contributed by atoms with Crippen molar-refractivity contribution in [2.45, 2.75) is 6.42 Å². The van der Waals surface area contributed by atoms with E-state index in [1.165, 1.54) is 7.11 Å². The summed E-state index contributed by atoms with van der Waals surface area (Å²) in [6.45, 7) is 3.79. The molecule has 0 radical (unpaired) electrons. The lowest BCUT2D eigenvalue weighted by Gasteiger charge is -2.12. The summed E-state index contributed by atoms with van der Waals surface area (Å²) in [5, 5.41) is 21.1. The van der Waals surface area contributed by atoms with Gasteiger partial charge in [0.1, 0.15) is 11.5 Å². The molecule has 2 aromatic carbocycles. The van der Waals surface area contributed by atoms with Gasteiger partial charge in [-0.05, 0) is 66.6 Å². The molecule has 4 aromatic rings. The first kappa shape index (κ1) is 21.9. The Kier molecular flexibility index (Phi) is 6.26. The fourth-order valence-electron chi connectivity index (χ4n) is 3.60. The molecule has 0 saturated carbocycles. The topological polar surface area (TPSA) is 84.7 Å². The average Bonchev–Trinajstić information content (AvgIpc) is 2.85. The first-order valence-corrected chi connectivity index (χ1v) is 10.4. The van der Waals surface area contributed by atoms with E-state index in [4.69, 9.17) is 19.4 Å². The van der Waals surface area contributed by atoms with Gasteiger partial charge in [-0.25, -0.2) is 9.97 Å².